The molecule has 0 atom stereocenters. The number of amides is 1. The van der Waals surface area contributed by atoms with Crippen molar-refractivity contribution in [3.63, 3.8) is 0 Å². The molecule has 1 N–H and O–H groups in total. The predicted molar refractivity (Wildman–Crippen MR) is 76.8 cm³/mol. The van der Waals surface area contributed by atoms with Crippen molar-refractivity contribution in [2.45, 2.75) is 44.4 Å². The molecule has 23 heavy (non-hydrogen) atoms. The zero-order valence-electron chi connectivity index (χ0n) is 13.1. The Morgan fingerprint density at radius 1 is 1.17 bits per heavy atom. The van der Waals surface area contributed by atoms with Gasteiger partial charge < -0.3 is 4.80 Å². The minimum atomic E-state index is -4.64. The predicted octanol–water partition coefficient (Wildman–Crippen LogP) is 4.18. The van der Waals surface area contributed by atoms with Crippen molar-refractivity contribution in [3.05, 3.63) is 35.4 Å². The van der Waals surface area contributed by atoms with Crippen LogP contribution in [0.4, 0.5) is 22.0 Å². The van der Waals surface area contributed by atoms with E-state index in [1.165, 1.54) is 27.7 Å². The molecule has 0 saturated carbocycles. The maximum Gasteiger partial charge on any atom is 0.356 e. The summed E-state index contributed by atoms with van der Waals surface area (Å²) in [6, 6.07) is 2.25. The van der Waals surface area contributed by atoms with Gasteiger partial charge in [-0.25, -0.2) is 8.78 Å². The van der Waals surface area contributed by atoms with Gasteiger partial charge in [-0.1, -0.05) is 38.2 Å². The first-order valence-corrected chi connectivity index (χ1v) is 9.03. The van der Waals surface area contributed by atoms with Gasteiger partial charge in [0.1, 0.15) is 0 Å². The molecule has 0 bridgehead atoms. The second-order valence-electron chi connectivity index (χ2n) is 5.86. The Balaban J connectivity index is 3.32. The van der Waals surface area contributed by atoms with Crippen molar-refractivity contribution in [1.82, 2.24) is 5.12 Å². The van der Waals surface area contributed by atoms with Crippen LogP contribution in [0, 0.1) is 11.6 Å². The Labute approximate surface area is 131 Å². The first-order valence-electron chi connectivity index (χ1n) is 6.93. The van der Waals surface area contributed by atoms with Crippen LogP contribution in [0.25, 0.3) is 0 Å². The molecule has 0 unspecified atom stereocenters. The van der Waals surface area contributed by atoms with Crippen molar-refractivity contribution < 1.29 is 31.6 Å². The molecule has 1 rings (SSSR count). The zero-order valence-corrected chi connectivity index (χ0v) is 14.1. The highest BCUT2D eigenvalue weighted by atomic mass is 28.4. The van der Waals surface area contributed by atoms with E-state index in [1.54, 1.807) is 0 Å². The summed E-state index contributed by atoms with van der Waals surface area (Å²) in [5.74, 6) is -5.23. The van der Waals surface area contributed by atoms with E-state index in [9.17, 15) is 31.6 Å². The number of hydrogen-bond acceptors (Lipinski definition) is 2. The highest BCUT2D eigenvalue weighted by Crippen LogP contribution is 2.44. The molecule has 0 aliphatic rings. The number of alkyl halides is 2. The van der Waals surface area contributed by atoms with Crippen LogP contribution in [0.2, 0.25) is 11.1 Å². The monoisotopic (exact) mass is 355 g/mol. The van der Waals surface area contributed by atoms with Crippen LogP contribution >= 0.6 is 0 Å². The third-order valence-corrected chi connectivity index (χ3v) is 8.53. The number of nitrogens with zero attached hydrogens (tertiary/aromatic N) is 1. The molecule has 3 nitrogen and oxygen atoms in total. The van der Waals surface area contributed by atoms with Gasteiger partial charge in [0, 0.05) is 0 Å². The summed E-state index contributed by atoms with van der Waals surface area (Å²) in [4.78, 5) is 22.2. The molecule has 130 valence electrons. The average Bonchev–Trinajstić information content (AvgIpc) is 2.46. The second-order valence-corrected chi connectivity index (χ2v) is 10.4. The maximum atomic E-state index is 14.5. The summed E-state index contributed by atoms with van der Waals surface area (Å²) in [6.45, 7) is 5.17. The highest BCUT2D eigenvalue weighted by Gasteiger charge is 2.65. The van der Waals surface area contributed by atoms with E-state index in [0.29, 0.717) is 12.1 Å². The molecule has 0 aliphatic carbocycles. The molecule has 0 radical (unpaired) electrons. The van der Waals surface area contributed by atoms with Crippen molar-refractivity contribution >= 4 is 14.2 Å². The lowest BCUT2D eigenvalue weighted by Gasteiger charge is -2.40. The average molecular weight is 355 g/mol. The molecule has 1 amide bonds. The Hall–Kier alpha value is -1.48. The first-order chi connectivity index (χ1) is 10.4. The van der Waals surface area contributed by atoms with Crippen LogP contribution in [0.3, 0.4) is 0 Å². The number of hydrogen-bond donors (Lipinski definition) is 1. The minimum absolute atomic E-state index is 0.667. The van der Waals surface area contributed by atoms with Gasteiger partial charge in [0.2, 0.25) is 0 Å². The van der Waals surface area contributed by atoms with E-state index >= 15 is 0 Å². The molecule has 9 heteroatoms. The van der Waals surface area contributed by atoms with Gasteiger partial charge in [-0.15, -0.1) is 5.12 Å². The topological polar surface area (TPSA) is 40.5 Å². The van der Waals surface area contributed by atoms with E-state index in [-0.39, 0.29) is 0 Å². The van der Waals surface area contributed by atoms with Gasteiger partial charge in [0.05, 0.1) is 5.56 Å². The third-order valence-electron chi connectivity index (χ3n) is 3.85. The van der Waals surface area contributed by atoms with Crippen LogP contribution in [0.15, 0.2) is 18.2 Å². The van der Waals surface area contributed by atoms with E-state index in [4.69, 9.17) is 0 Å². The lowest BCUT2D eigenvalue weighted by molar-refractivity contribution is -0.163. The van der Waals surface area contributed by atoms with E-state index in [1.807, 2.05) is 0 Å². The van der Waals surface area contributed by atoms with Crippen molar-refractivity contribution in [3.8, 4) is 0 Å². The largest absolute Gasteiger partial charge is 0.425 e. The Morgan fingerprint density at radius 3 is 2.09 bits per heavy atom. The summed E-state index contributed by atoms with van der Waals surface area (Å²) in [7, 11) is -4.64. The van der Waals surface area contributed by atoms with Gasteiger partial charge in [0.25, 0.3) is 5.91 Å². The van der Waals surface area contributed by atoms with Crippen molar-refractivity contribution in [2.75, 3.05) is 0 Å². The fourth-order valence-corrected chi connectivity index (χ4v) is 5.56. The third kappa shape index (κ3) is 3.12. The summed E-state index contributed by atoms with van der Waals surface area (Å²) >= 11 is 0. The number of carbonyl (C=O) groups is 1. The van der Waals surface area contributed by atoms with Gasteiger partial charge in [-0.2, -0.15) is 8.78 Å². The standard InChI is InChI=1S/C14H18F5NO2Si/c1-8(2)23(22,9(3)4)14(17,18)20(19)13(21)10-6-5-7-11(15)12(10)16/h5-9,22H,1-4H3. The Bertz CT molecular complexity index is 587. The van der Waals surface area contributed by atoms with Crippen molar-refractivity contribution in [2.24, 2.45) is 0 Å². The fraction of sp³-hybridized carbons (Fsp3) is 0.500. The summed E-state index contributed by atoms with van der Waals surface area (Å²) in [6.07, 6.45) is 0. The Morgan fingerprint density at radius 2 is 1.65 bits per heavy atom. The second kappa shape index (κ2) is 6.56. The van der Waals surface area contributed by atoms with E-state index < -0.39 is 53.3 Å². The number of benzene rings is 1. The lowest BCUT2D eigenvalue weighted by atomic mass is 10.2. The quantitative estimate of drug-likeness (QED) is 0.373. The minimum Gasteiger partial charge on any atom is -0.425 e. The molecule has 0 saturated heterocycles. The van der Waals surface area contributed by atoms with Crippen LogP contribution in [-0.4, -0.2) is 29.8 Å². The molecule has 1 aromatic carbocycles. The SMILES string of the molecule is CC(C)[Si](O)(C(C)C)C(F)(F)N(F)C(=O)c1cccc(F)c1F. The van der Waals surface area contributed by atoms with Gasteiger partial charge in [-0.3, -0.25) is 4.79 Å². The van der Waals surface area contributed by atoms with E-state index in [2.05, 4.69) is 0 Å². The molecule has 1 aromatic rings. The Kier molecular flexibility index (Phi) is 5.58. The van der Waals surface area contributed by atoms with Gasteiger partial charge >= 0.3 is 14.0 Å². The summed E-state index contributed by atoms with van der Waals surface area (Å²) in [5, 5.41) is -1.48. The smallest absolute Gasteiger partial charge is 0.356 e. The molecular weight excluding hydrogens is 337 g/mol. The normalized spacial score (nSPS) is 12.9. The maximum absolute atomic E-state index is 14.5. The summed E-state index contributed by atoms with van der Waals surface area (Å²) in [5.41, 5.74) is -7.65. The number of carbonyl (C=O) groups excluding carboxylic acids is 1. The lowest BCUT2D eigenvalue weighted by Crippen LogP contribution is -2.65. The van der Waals surface area contributed by atoms with Crippen LogP contribution in [0.5, 0.6) is 0 Å². The molecule has 0 spiro atoms. The zero-order chi connectivity index (χ0) is 18.2. The molecular formula is C14H18F5NO2Si. The van der Waals surface area contributed by atoms with Crippen LogP contribution in [-0.2, 0) is 0 Å². The molecule has 0 fully saturated rings. The molecule has 0 aliphatic heterocycles. The van der Waals surface area contributed by atoms with Crippen molar-refractivity contribution in [1.29, 1.82) is 0 Å². The van der Waals surface area contributed by atoms with Gasteiger partial charge in [0.15, 0.2) is 11.6 Å². The first kappa shape index (κ1) is 19.6. The summed E-state index contributed by atoms with van der Waals surface area (Å²) < 4.78 is 69.7. The van der Waals surface area contributed by atoms with Crippen LogP contribution in [0.1, 0.15) is 38.1 Å². The molecule has 0 aromatic heterocycles. The van der Waals surface area contributed by atoms with Gasteiger partial charge in [-0.05, 0) is 23.2 Å². The highest BCUT2D eigenvalue weighted by molar-refractivity contribution is 6.77. The molecule has 0 heterocycles. The van der Waals surface area contributed by atoms with Crippen LogP contribution < -0.4 is 0 Å². The fourth-order valence-electron chi connectivity index (χ4n) is 2.42. The van der Waals surface area contributed by atoms with E-state index in [0.717, 1.165) is 6.07 Å². The number of rotatable bonds is 5. The number of halogens is 5.